The molecule has 0 radical (unpaired) electrons. The van der Waals surface area contributed by atoms with Crippen molar-refractivity contribution in [2.24, 2.45) is 0 Å². The van der Waals surface area contributed by atoms with Gasteiger partial charge in [0.1, 0.15) is 10.9 Å². The van der Waals surface area contributed by atoms with E-state index in [0.717, 1.165) is 11.3 Å². The first kappa shape index (κ1) is 20.2. The number of carbonyl (C=O) groups excluding carboxylic acids is 2. The molecule has 150 valence electrons. The number of amides is 2. The van der Waals surface area contributed by atoms with E-state index in [0.29, 0.717) is 23.0 Å². The summed E-state index contributed by atoms with van der Waals surface area (Å²) in [5.74, 6) is -0.249. The number of hydrogen-bond donors (Lipinski definition) is 2. The van der Waals surface area contributed by atoms with Gasteiger partial charge in [0.2, 0.25) is 0 Å². The minimum Gasteiger partial charge on any atom is -0.497 e. The Morgan fingerprint density at radius 2 is 2.10 bits per heavy atom. The molecule has 3 rings (SSSR count). The molecule has 1 aromatic carbocycles. The van der Waals surface area contributed by atoms with Gasteiger partial charge >= 0.3 is 5.91 Å². The van der Waals surface area contributed by atoms with Crippen LogP contribution in [0.15, 0.2) is 53.2 Å². The third-order valence-corrected chi connectivity index (χ3v) is 4.42. The van der Waals surface area contributed by atoms with E-state index in [9.17, 15) is 9.59 Å². The molecule has 0 saturated carbocycles. The average molecular weight is 415 g/mol. The zero-order valence-corrected chi connectivity index (χ0v) is 16.6. The van der Waals surface area contributed by atoms with Gasteiger partial charge in [-0.3, -0.25) is 20.4 Å². The fourth-order valence-electron chi connectivity index (χ4n) is 2.59. The number of carbonyl (C=O) groups is 2. The number of hydrogen-bond acceptors (Lipinski definition) is 5. The minimum atomic E-state index is -0.558. The molecule has 2 N–H and O–H groups in total. The Morgan fingerprint density at radius 3 is 2.83 bits per heavy atom. The van der Waals surface area contributed by atoms with Crippen LogP contribution in [0.5, 0.6) is 5.75 Å². The number of rotatable bonds is 6. The normalized spacial score (nSPS) is 10.9. The lowest BCUT2D eigenvalue weighted by Crippen LogP contribution is -2.40. The van der Waals surface area contributed by atoms with Gasteiger partial charge in [-0.05, 0) is 42.8 Å². The molecule has 2 heterocycles. The predicted octanol–water partition coefficient (Wildman–Crippen LogP) is 2.97. The second-order valence-electron chi connectivity index (χ2n) is 6.05. The molecule has 8 nitrogen and oxygen atoms in total. The fraction of sp³-hybridized carbons (Fsp3) is 0.150. The van der Waals surface area contributed by atoms with Gasteiger partial charge in [0.15, 0.2) is 5.76 Å². The van der Waals surface area contributed by atoms with Crippen LogP contribution in [0.2, 0.25) is 5.15 Å². The highest BCUT2D eigenvalue weighted by Crippen LogP contribution is 2.23. The second kappa shape index (κ2) is 9.11. The fourth-order valence-corrected chi connectivity index (χ4v) is 2.89. The van der Waals surface area contributed by atoms with E-state index in [1.807, 2.05) is 24.3 Å². The average Bonchev–Trinajstić information content (AvgIpc) is 3.34. The number of aryl methyl sites for hydroxylation is 1. The number of furan rings is 1. The molecule has 3 aromatic rings. The Kier molecular flexibility index (Phi) is 6.36. The molecule has 29 heavy (non-hydrogen) atoms. The van der Waals surface area contributed by atoms with Crippen LogP contribution in [0, 0.1) is 6.92 Å². The molecule has 0 saturated heterocycles. The summed E-state index contributed by atoms with van der Waals surface area (Å²) in [4.78, 5) is 23.7. The zero-order chi connectivity index (χ0) is 20.8. The van der Waals surface area contributed by atoms with Crippen LogP contribution < -0.4 is 15.6 Å². The Balaban J connectivity index is 1.64. The van der Waals surface area contributed by atoms with Crippen molar-refractivity contribution >= 4 is 29.5 Å². The van der Waals surface area contributed by atoms with Crippen molar-refractivity contribution in [3.8, 4) is 5.75 Å². The molecule has 0 aliphatic rings. The third-order valence-electron chi connectivity index (χ3n) is 4.02. The van der Waals surface area contributed by atoms with Gasteiger partial charge in [0, 0.05) is 11.6 Å². The largest absolute Gasteiger partial charge is 0.497 e. The first-order chi connectivity index (χ1) is 14.0. The number of benzene rings is 1. The van der Waals surface area contributed by atoms with E-state index in [-0.39, 0.29) is 5.76 Å². The lowest BCUT2D eigenvalue weighted by molar-refractivity contribution is -0.117. The number of ether oxygens (including phenoxy) is 1. The summed E-state index contributed by atoms with van der Waals surface area (Å²) < 4.78 is 11.8. The number of nitrogens with one attached hydrogen (secondary N) is 2. The first-order valence-corrected chi connectivity index (χ1v) is 9.03. The zero-order valence-electron chi connectivity index (χ0n) is 15.8. The summed E-state index contributed by atoms with van der Waals surface area (Å²) in [7, 11) is 1.61. The molecule has 0 spiro atoms. The molecule has 0 aliphatic carbocycles. The van der Waals surface area contributed by atoms with Crippen LogP contribution in [-0.2, 0) is 11.3 Å². The Hall–Kier alpha value is -3.52. The monoisotopic (exact) mass is 414 g/mol. The van der Waals surface area contributed by atoms with Gasteiger partial charge in [-0.2, -0.15) is 5.10 Å². The Bertz CT molecular complexity index is 1040. The van der Waals surface area contributed by atoms with E-state index in [1.54, 1.807) is 30.9 Å². The van der Waals surface area contributed by atoms with E-state index in [2.05, 4.69) is 16.0 Å². The van der Waals surface area contributed by atoms with Gasteiger partial charge in [-0.15, -0.1) is 0 Å². The van der Waals surface area contributed by atoms with Crippen LogP contribution in [0.25, 0.3) is 6.08 Å². The maximum absolute atomic E-state index is 12.0. The van der Waals surface area contributed by atoms with Crippen LogP contribution in [0.3, 0.4) is 0 Å². The Labute approximate surface area is 172 Å². The van der Waals surface area contributed by atoms with Gasteiger partial charge < -0.3 is 9.15 Å². The van der Waals surface area contributed by atoms with Gasteiger partial charge in [-0.25, -0.2) is 4.68 Å². The first-order valence-electron chi connectivity index (χ1n) is 8.65. The van der Waals surface area contributed by atoms with Crippen LogP contribution >= 0.6 is 11.6 Å². The highest BCUT2D eigenvalue weighted by molar-refractivity contribution is 6.31. The SMILES string of the molecule is COc1cccc(Cn2nc(C)c(/C=C/C(=O)NNC(=O)c3ccco3)c2Cl)c1. The number of aromatic nitrogens is 2. The maximum atomic E-state index is 12.0. The summed E-state index contributed by atoms with van der Waals surface area (Å²) in [5.41, 5.74) is 6.78. The number of nitrogens with zero attached hydrogens (tertiary/aromatic N) is 2. The molecule has 0 fully saturated rings. The van der Waals surface area contributed by atoms with E-state index < -0.39 is 11.8 Å². The molecule has 0 unspecified atom stereocenters. The number of hydrazine groups is 1. The lowest BCUT2D eigenvalue weighted by Gasteiger charge is -2.06. The van der Waals surface area contributed by atoms with Crippen molar-refractivity contribution < 1.29 is 18.7 Å². The highest BCUT2D eigenvalue weighted by atomic mass is 35.5. The maximum Gasteiger partial charge on any atom is 0.305 e. The summed E-state index contributed by atoms with van der Waals surface area (Å²) in [6.07, 6.45) is 4.17. The van der Waals surface area contributed by atoms with Crippen molar-refractivity contribution in [3.05, 3.63) is 76.5 Å². The molecular weight excluding hydrogens is 396 g/mol. The van der Waals surface area contributed by atoms with Crippen molar-refractivity contribution in [1.82, 2.24) is 20.6 Å². The minimum absolute atomic E-state index is 0.0898. The highest BCUT2D eigenvalue weighted by Gasteiger charge is 2.13. The van der Waals surface area contributed by atoms with Crippen LogP contribution in [-0.4, -0.2) is 28.7 Å². The molecule has 0 atom stereocenters. The molecule has 9 heteroatoms. The standard InChI is InChI=1S/C20H19ClN4O4/c1-13-16(8-9-18(26)22-23-20(27)17-7-4-10-29-17)19(21)25(24-13)12-14-5-3-6-15(11-14)28-2/h3-11H,12H2,1-2H3,(H,22,26)(H,23,27)/b9-8+. The van der Waals surface area contributed by atoms with E-state index in [1.165, 1.54) is 18.4 Å². The van der Waals surface area contributed by atoms with Crippen molar-refractivity contribution in [3.63, 3.8) is 0 Å². The van der Waals surface area contributed by atoms with Crippen molar-refractivity contribution in [2.45, 2.75) is 13.5 Å². The summed E-state index contributed by atoms with van der Waals surface area (Å²) in [5, 5.41) is 4.82. The lowest BCUT2D eigenvalue weighted by atomic mass is 10.2. The number of halogens is 1. The third kappa shape index (κ3) is 5.05. The van der Waals surface area contributed by atoms with Gasteiger partial charge in [-0.1, -0.05) is 23.7 Å². The van der Waals surface area contributed by atoms with Crippen LogP contribution in [0.4, 0.5) is 0 Å². The Morgan fingerprint density at radius 1 is 1.28 bits per heavy atom. The number of methoxy groups -OCH3 is 1. The second-order valence-corrected chi connectivity index (χ2v) is 6.41. The summed E-state index contributed by atoms with van der Waals surface area (Å²) in [6.45, 7) is 2.25. The van der Waals surface area contributed by atoms with Gasteiger partial charge in [0.25, 0.3) is 5.91 Å². The van der Waals surface area contributed by atoms with Crippen molar-refractivity contribution in [2.75, 3.05) is 7.11 Å². The van der Waals surface area contributed by atoms with Crippen molar-refractivity contribution in [1.29, 1.82) is 0 Å². The van der Waals surface area contributed by atoms with Gasteiger partial charge in [0.05, 0.1) is 25.6 Å². The van der Waals surface area contributed by atoms with E-state index in [4.69, 9.17) is 20.8 Å². The van der Waals surface area contributed by atoms with E-state index >= 15 is 0 Å². The molecule has 0 aliphatic heterocycles. The molecule has 0 bridgehead atoms. The smallest absolute Gasteiger partial charge is 0.305 e. The topological polar surface area (TPSA) is 98.4 Å². The molecular formula is C20H19ClN4O4. The van der Waals surface area contributed by atoms with Crippen LogP contribution in [0.1, 0.15) is 27.4 Å². The summed E-state index contributed by atoms with van der Waals surface area (Å²) in [6, 6.07) is 10.7. The summed E-state index contributed by atoms with van der Waals surface area (Å²) >= 11 is 6.44. The predicted molar refractivity (Wildman–Crippen MR) is 107 cm³/mol. The quantitative estimate of drug-likeness (QED) is 0.477. The molecule has 2 aromatic heterocycles. The molecule has 2 amide bonds.